The standard InChI is InChI=1S/C19H28F4O2S.C19H28F4O.2C19H17S.C16H22F4O2S.C6H6S/c1-3-4-5-6-7-8-9-10-11-12-13-26(24,25)19-17(22)15(20)14(2)16(21)18(19)23;1-3-4-5-6-7-8-9-10-11-12-13-24-19-17(22)15(20)14(2)16(21)18(19)23;2*1-16-12-14-19(15-13-16)20(17-8-4-2-5-9-17)18-10-6-3-7-11-18;1-3-4-5-6-7-8-9-23(21,22)10-12-15(19)13(17)11(2)14(18)16(12)20;7-6-4-2-1-3-5-6/h3-13H2,1-2H3;3-13H2,1-2H3;2*2-15H,1H3;3-10H2,1-2H3;1-5,7H/q;;2*+1;;/p+1. The Kier molecular flexibility index (Phi) is 47.9. The summed E-state index contributed by atoms with van der Waals surface area (Å²) < 4.78 is 216. The van der Waals surface area contributed by atoms with E-state index in [4.69, 9.17) is 4.74 Å². The van der Waals surface area contributed by atoms with Gasteiger partial charge < -0.3 is 4.74 Å². The molecule has 0 fully saturated rings. The Labute approximate surface area is 718 Å². The van der Waals surface area contributed by atoms with E-state index >= 15 is 0 Å². The number of ether oxygens (including phenoxy) is 1. The van der Waals surface area contributed by atoms with Crippen molar-refractivity contribution in [2.24, 2.45) is 0 Å². The van der Waals surface area contributed by atoms with Crippen LogP contribution in [0.1, 0.15) is 221 Å². The van der Waals surface area contributed by atoms with Crippen LogP contribution < -0.4 is 4.74 Å². The lowest BCUT2D eigenvalue weighted by atomic mass is 10.1. The molecule has 10 aromatic carbocycles. The van der Waals surface area contributed by atoms with Gasteiger partial charge in [0, 0.05) is 22.3 Å². The fourth-order valence-electron chi connectivity index (χ4n) is 12.6. The third-order valence-electron chi connectivity index (χ3n) is 19.7. The average Bonchev–Trinajstić information content (AvgIpc) is 0.787. The number of sulfone groups is 2. The van der Waals surface area contributed by atoms with Gasteiger partial charge >= 0.3 is 0 Å². The maximum atomic E-state index is 13.8. The number of rotatable bonds is 39. The van der Waals surface area contributed by atoms with Crippen molar-refractivity contribution in [3.05, 3.63) is 303 Å². The first kappa shape index (κ1) is 103. The summed E-state index contributed by atoms with van der Waals surface area (Å²) in [5, 5.41) is 0. The van der Waals surface area contributed by atoms with Crippen LogP contribution in [0.3, 0.4) is 0 Å². The Morgan fingerprint density at radius 3 is 0.825 bits per heavy atom. The predicted molar refractivity (Wildman–Crippen MR) is 472 cm³/mol. The van der Waals surface area contributed by atoms with Crippen molar-refractivity contribution in [2.45, 2.75) is 267 Å². The van der Waals surface area contributed by atoms with Crippen LogP contribution in [-0.4, -0.2) is 34.9 Å². The Morgan fingerprint density at radius 2 is 0.533 bits per heavy atom. The van der Waals surface area contributed by atoms with Gasteiger partial charge in [0.25, 0.3) is 0 Å². The van der Waals surface area contributed by atoms with E-state index in [0.717, 1.165) is 96.3 Å². The summed E-state index contributed by atoms with van der Waals surface area (Å²) in [6.07, 6.45) is 26.0. The molecule has 0 saturated heterocycles. The van der Waals surface area contributed by atoms with E-state index in [0.29, 0.717) is 25.7 Å². The predicted octanol–water partition coefficient (Wildman–Crippen LogP) is 29.2. The molecule has 652 valence electrons. The molecule has 0 saturated carbocycles. The zero-order valence-corrected chi connectivity index (χ0v) is 74.7. The Hall–Kier alpha value is -7.89. The molecular formula is C98H119F12O5S5+3. The molecule has 10 rings (SSSR count). The number of unbranched alkanes of at least 4 members (excludes halogenated alkanes) is 23. The van der Waals surface area contributed by atoms with Crippen LogP contribution in [-0.2, 0) is 59.8 Å². The summed E-state index contributed by atoms with van der Waals surface area (Å²) in [5.41, 5.74) is -0.778. The summed E-state index contributed by atoms with van der Waals surface area (Å²) >= 11 is 3.36. The number of halogens is 12. The van der Waals surface area contributed by atoms with Gasteiger partial charge in [-0.25, -0.2) is 60.7 Å². The maximum Gasteiger partial charge on any atom is 0.204 e. The number of hydrogen-bond acceptors (Lipinski definition) is 5. The number of aryl methyl sites for hydroxylation is 2. The van der Waals surface area contributed by atoms with Crippen molar-refractivity contribution in [2.75, 3.05) is 18.1 Å². The molecule has 22 heteroatoms. The van der Waals surface area contributed by atoms with Crippen molar-refractivity contribution in [1.29, 1.82) is 0 Å². The lowest BCUT2D eigenvalue weighted by Gasteiger charge is -2.11. The summed E-state index contributed by atoms with van der Waals surface area (Å²) in [6, 6.07) is 70.7. The lowest BCUT2D eigenvalue weighted by molar-refractivity contribution is 0.262. The molecule has 0 aliphatic heterocycles. The van der Waals surface area contributed by atoms with Gasteiger partial charge in [0.1, 0.15) is 9.79 Å². The van der Waals surface area contributed by atoms with Gasteiger partial charge in [0.2, 0.25) is 11.6 Å². The quantitative estimate of drug-likeness (QED) is 0.0166. The van der Waals surface area contributed by atoms with E-state index < -0.39 is 134 Å². The van der Waals surface area contributed by atoms with Crippen LogP contribution in [0, 0.1) is 104 Å². The van der Waals surface area contributed by atoms with Gasteiger partial charge in [-0.15, -0.1) is 0 Å². The van der Waals surface area contributed by atoms with Gasteiger partial charge in [-0.05, 0) is 151 Å². The van der Waals surface area contributed by atoms with Gasteiger partial charge in [0.05, 0.1) is 45.7 Å². The number of hydrogen-bond donors (Lipinski definition) is 0. The van der Waals surface area contributed by atoms with Crippen molar-refractivity contribution in [3.8, 4) is 5.75 Å². The summed E-state index contributed by atoms with van der Waals surface area (Å²) in [4.78, 5) is 7.83. The van der Waals surface area contributed by atoms with E-state index in [1.165, 1.54) is 105 Å². The topological polar surface area (TPSA) is 77.5 Å². The van der Waals surface area contributed by atoms with E-state index in [1.807, 2.05) is 30.3 Å². The third kappa shape index (κ3) is 34.8. The van der Waals surface area contributed by atoms with Crippen LogP contribution in [0.25, 0.3) is 0 Å². The second kappa shape index (κ2) is 56.0. The first-order valence-corrected chi connectivity index (χ1v) is 48.1. The Bertz CT molecular complexity index is 4540. The molecule has 0 aliphatic rings. The molecule has 120 heavy (non-hydrogen) atoms. The van der Waals surface area contributed by atoms with Crippen molar-refractivity contribution < 1.29 is 74.3 Å². The molecule has 10 aromatic rings. The highest BCUT2D eigenvalue weighted by molar-refractivity contribution is 7.97. The minimum absolute atomic E-state index is 0.0229. The van der Waals surface area contributed by atoms with E-state index in [1.54, 1.807) is 0 Å². The van der Waals surface area contributed by atoms with Gasteiger partial charge in [-0.2, -0.15) is 8.78 Å². The fraction of sp³-hybridized carbons (Fsp3) is 0.388. The number of benzene rings is 10. The van der Waals surface area contributed by atoms with E-state index in [9.17, 15) is 69.5 Å². The van der Waals surface area contributed by atoms with Gasteiger partial charge in [-0.1, -0.05) is 295 Å². The second-order valence-electron chi connectivity index (χ2n) is 29.5. The van der Waals surface area contributed by atoms with Crippen LogP contribution in [0.4, 0.5) is 52.7 Å². The largest absolute Gasteiger partial charge is 0.487 e. The zero-order chi connectivity index (χ0) is 88.0. The van der Waals surface area contributed by atoms with Crippen molar-refractivity contribution in [3.63, 3.8) is 0 Å². The fourth-order valence-corrected chi connectivity index (χ4v) is 20.0. The van der Waals surface area contributed by atoms with E-state index in [2.05, 4.69) is 217 Å². The summed E-state index contributed by atoms with van der Waals surface area (Å²) in [6.45, 7) is 13.5. The third-order valence-corrected chi connectivity index (χ3v) is 27.9. The van der Waals surface area contributed by atoms with Crippen molar-refractivity contribution >= 4 is 54.1 Å². The van der Waals surface area contributed by atoms with Crippen molar-refractivity contribution in [1.82, 2.24) is 0 Å². The SMILES string of the molecule is CCCCCCCCCCCCOc1c(F)c(F)c(C)c(F)c1F.CCCCCCCCCCCCS(=O)(=O)c1c(F)c(F)c(C)c(F)c1F.CCCCCCCCS(=O)(=O)Cc1c(F)c(F)c(C)c(F)c1F.Cc1ccc([S+](c2ccccc2)c2ccccc2)cc1.Cc1ccc([S+](c2ccccc2)c2ccccc2)cc1.[SH2+]c1ccccc1. The van der Waals surface area contributed by atoms with Crippen LogP contribution in [0.15, 0.2) is 239 Å². The summed E-state index contributed by atoms with van der Waals surface area (Å²) in [7, 11) is -8.30. The molecule has 0 bridgehead atoms. The zero-order valence-electron chi connectivity index (χ0n) is 70.5. The smallest absolute Gasteiger partial charge is 0.204 e. The second-order valence-corrected chi connectivity index (χ2v) is 38.4. The first-order valence-electron chi connectivity index (χ1n) is 41.6. The molecular weight excluding hydrogens is 1650 g/mol. The van der Waals surface area contributed by atoms with Gasteiger partial charge in [-0.3, -0.25) is 0 Å². The normalized spacial score (nSPS) is 11.2. The highest BCUT2D eigenvalue weighted by Crippen LogP contribution is 2.35. The van der Waals surface area contributed by atoms with Crippen LogP contribution in [0.2, 0.25) is 0 Å². The molecule has 0 radical (unpaired) electrons. The average molecular weight is 1770 g/mol. The molecule has 0 aromatic heterocycles. The Balaban J connectivity index is 0.000000262. The minimum atomic E-state index is -4.42. The Morgan fingerprint density at radius 1 is 0.283 bits per heavy atom. The summed E-state index contributed by atoms with van der Waals surface area (Å²) in [5.74, 6) is -21.8. The first-order chi connectivity index (χ1) is 57.5. The molecule has 0 atom stereocenters. The molecule has 0 unspecified atom stereocenters. The minimum Gasteiger partial charge on any atom is -0.487 e. The molecule has 0 aliphatic carbocycles. The van der Waals surface area contributed by atoms with Crippen LogP contribution in [0.5, 0.6) is 5.75 Å². The molecule has 0 spiro atoms. The monoisotopic (exact) mass is 1760 g/mol. The van der Waals surface area contributed by atoms with Gasteiger partial charge in [0.15, 0.2) is 113 Å². The van der Waals surface area contributed by atoms with Crippen LogP contribution >= 0.6 is 0 Å². The molecule has 0 heterocycles. The highest BCUT2D eigenvalue weighted by atomic mass is 32.2. The molecule has 5 nitrogen and oxygen atoms in total. The molecule has 0 N–H and O–H groups in total. The highest BCUT2D eigenvalue weighted by Gasteiger charge is 2.34. The lowest BCUT2D eigenvalue weighted by Crippen LogP contribution is -2.15. The molecule has 0 amide bonds. The van der Waals surface area contributed by atoms with E-state index in [-0.39, 0.29) is 40.6 Å². The maximum absolute atomic E-state index is 13.8.